The van der Waals surface area contributed by atoms with Gasteiger partial charge in [0, 0.05) is 0 Å². The van der Waals surface area contributed by atoms with E-state index in [0.717, 1.165) is 16.9 Å². The molecule has 0 aliphatic carbocycles. The molecule has 1 aromatic carbocycles. The maximum Gasteiger partial charge on any atom is 0.235 e. The minimum Gasteiger partial charge on any atom is -0.489 e. The Kier molecular flexibility index (Phi) is 5.29. The molecule has 0 saturated heterocycles. The molecule has 0 radical (unpaired) electrons. The summed E-state index contributed by atoms with van der Waals surface area (Å²) in [5.41, 5.74) is 2.33. The van der Waals surface area contributed by atoms with Crippen molar-refractivity contribution in [3.8, 4) is 5.75 Å². The van der Waals surface area contributed by atoms with Gasteiger partial charge in [0.15, 0.2) is 0 Å². The average molecular weight is 256 g/mol. The van der Waals surface area contributed by atoms with Crippen LogP contribution in [0.2, 0.25) is 0 Å². The molecule has 0 fully saturated rings. The normalized spacial score (nSPS) is 12.0. The predicted molar refractivity (Wildman–Crippen MR) is 69.7 cm³/mol. The van der Waals surface area contributed by atoms with E-state index in [1.54, 1.807) is 0 Å². The summed E-state index contributed by atoms with van der Waals surface area (Å²) in [6.07, 6.45) is -0.0802. The van der Waals surface area contributed by atoms with Crippen LogP contribution in [0.5, 0.6) is 5.75 Å². The van der Waals surface area contributed by atoms with E-state index in [2.05, 4.69) is 11.4 Å². The molecule has 1 atom stereocenters. The number of hydrogen-bond donors (Lipinski definition) is 1. The van der Waals surface area contributed by atoms with Crippen LogP contribution in [0.15, 0.2) is 18.2 Å². The first-order chi connectivity index (χ1) is 8.01. The van der Waals surface area contributed by atoms with Gasteiger partial charge in [0.25, 0.3) is 0 Å². The summed E-state index contributed by atoms with van der Waals surface area (Å²) in [7, 11) is 0. The number of benzene rings is 1. The molecule has 0 saturated carbocycles. The molecule has 1 N–H and O–H groups in total. The Bertz CT molecular complexity index is 373. The Morgan fingerprint density at radius 2 is 1.94 bits per heavy atom. The van der Waals surface area contributed by atoms with Crippen LogP contribution in [-0.2, 0) is 4.79 Å². The Morgan fingerprint density at radius 1 is 1.35 bits per heavy atom. The van der Waals surface area contributed by atoms with Crippen LogP contribution in [0.4, 0.5) is 0 Å². The largest absolute Gasteiger partial charge is 0.489 e. The standard InChI is InChI=1S/C13H18ClNO2/c1-9-4-10(2)6-12(5-9)17-11(3)8-15-13(16)7-14/h4-6,11H,7-8H2,1-3H3,(H,15,16). The highest BCUT2D eigenvalue weighted by molar-refractivity contribution is 6.27. The van der Waals surface area contributed by atoms with Gasteiger partial charge in [-0.3, -0.25) is 4.79 Å². The lowest BCUT2D eigenvalue weighted by molar-refractivity contribution is -0.119. The van der Waals surface area contributed by atoms with Crippen molar-refractivity contribution in [2.75, 3.05) is 12.4 Å². The monoisotopic (exact) mass is 255 g/mol. The lowest BCUT2D eigenvalue weighted by atomic mass is 10.1. The number of carbonyl (C=O) groups is 1. The van der Waals surface area contributed by atoms with Crippen LogP contribution >= 0.6 is 11.6 Å². The molecular weight excluding hydrogens is 238 g/mol. The highest BCUT2D eigenvalue weighted by Gasteiger charge is 2.06. The molecule has 0 heterocycles. The molecule has 0 spiro atoms. The van der Waals surface area contributed by atoms with E-state index >= 15 is 0 Å². The molecular formula is C13H18ClNO2. The average Bonchev–Trinajstić information content (AvgIpc) is 2.24. The third-order valence-corrected chi connectivity index (χ3v) is 2.48. The molecule has 0 aliphatic heterocycles. The minimum absolute atomic E-state index is 0.0176. The fourth-order valence-electron chi connectivity index (χ4n) is 1.58. The summed E-state index contributed by atoms with van der Waals surface area (Å²) in [5.74, 6) is 0.633. The van der Waals surface area contributed by atoms with E-state index in [1.165, 1.54) is 0 Å². The Morgan fingerprint density at radius 3 is 2.47 bits per heavy atom. The van der Waals surface area contributed by atoms with Crippen LogP contribution in [0, 0.1) is 13.8 Å². The number of rotatable bonds is 5. The van der Waals surface area contributed by atoms with E-state index in [1.807, 2.05) is 32.9 Å². The SMILES string of the molecule is Cc1cc(C)cc(OC(C)CNC(=O)CCl)c1. The van der Waals surface area contributed by atoms with Crippen LogP contribution < -0.4 is 10.1 Å². The topological polar surface area (TPSA) is 38.3 Å². The van der Waals surface area contributed by atoms with Gasteiger partial charge in [0.1, 0.15) is 17.7 Å². The first-order valence-corrected chi connectivity index (χ1v) is 6.12. The first kappa shape index (κ1) is 13.8. The molecule has 4 heteroatoms. The van der Waals surface area contributed by atoms with Gasteiger partial charge in [0.05, 0.1) is 6.54 Å². The zero-order valence-electron chi connectivity index (χ0n) is 10.4. The van der Waals surface area contributed by atoms with Gasteiger partial charge in [0.2, 0.25) is 5.91 Å². The van der Waals surface area contributed by atoms with Crippen LogP contribution in [0.3, 0.4) is 0 Å². The lowest BCUT2D eigenvalue weighted by Crippen LogP contribution is -2.34. The molecule has 1 rings (SSSR count). The van der Waals surface area contributed by atoms with Gasteiger partial charge in [-0.05, 0) is 44.0 Å². The molecule has 1 aromatic rings. The van der Waals surface area contributed by atoms with E-state index in [-0.39, 0.29) is 17.9 Å². The third kappa shape index (κ3) is 5.09. The van der Waals surface area contributed by atoms with Gasteiger partial charge in [-0.1, -0.05) is 6.07 Å². The van der Waals surface area contributed by atoms with Crippen molar-refractivity contribution in [1.29, 1.82) is 0 Å². The van der Waals surface area contributed by atoms with Crippen molar-refractivity contribution < 1.29 is 9.53 Å². The Balaban J connectivity index is 2.50. The van der Waals surface area contributed by atoms with E-state index in [9.17, 15) is 4.79 Å². The highest BCUT2D eigenvalue weighted by Crippen LogP contribution is 2.17. The zero-order chi connectivity index (χ0) is 12.8. The van der Waals surface area contributed by atoms with Crippen molar-refractivity contribution >= 4 is 17.5 Å². The quantitative estimate of drug-likeness (QED) is 0.821. The van der Waals surface area contributed by atoms with Gasteiger partial charge in [-0.2, -0.15) is 0 Å². The predicted octanol–water partition coefficient (Wildman–Crippen LogP) is 2.43. The molecule has 0 aromatic heterocycles. The summed E-state index contributed by atoms with van der Waals surface area (Å²) in [4.78, 5) is 11.0. The molecule has 1 amide bonds. The maximum atomic E-state index is 11.0. The molecule has 0 bridgehead atoms. The Labute approximate surface area is 107 Å². The van der Waals surface area contributed by atoms with E-state index < -0.39 is 0 Å². The summed E-state index contributed by atoms with van der Waals surface area (Å²) < 4.78 is 5.71. The first-order valence-electron chi connectivity index (χ1n) is 5.59. The number of carbonyl (C=O) groups excluding carboxylic acids is 1. The van der Waals surface area contributed by atoms with Crippen molar-refractivity contribution in [3.05, 3.63) is 29.3 Å². The second-order valence-electron chi connectivity index (χ2n) is 4.19. The summed E-state index contributed by atoms with van der Waals surface area (Å²) in [5, 5.41) is 2.69. The van der Waals surface area contributed by atoms with Crippen molar-refractivity contribution in [3.63, 3.8) is 0 Å². The van der Waals surface area contributed by atoms with Gasteiger partial charge < -0.3 is 10.1 Å². The van der Waals surface area contributed by atoms with E-state index in [4.69, 9.17) is 16.3 Å². The van der Waals surface area contributed by atoms with Crippen LogP contribution in [0.1, 0.15) is 18.1 Å². The number of ether oxygens (including phenoxy) is 1. The maximum absolute atomic E-state index is 11.0. The van der Waals surface area contributed by atoms with Crippen LogP contribution in [-0.4, -0.2) is 24.4 Å². The van der Waals surface area contributed by atoms with Crippen LogP contribution in [0.25, 0.3) is 0 Å². The van der Waals surface area contributed by atoms with Gasteiger partial charge in [-0.25, -0.2) is 0 Å². The smallest absolute Gasteiger partial charge is 0.235 e. The number of halogens is 1. The number of nitrogens with one attached hydrogen (secondary N) is 1. The number of alkyl halides is 1. The molecule has 3 nitrogen and oxygen atoms in total. The van der Waals surface area contributed by atoms with Crippen molar-refractivity contribution in [2.24, 2.45) is 0 Å². The fraction of sp³-hybridized carbons (Fsp3) is 0.462. The lowest BCUT2D eigenvalue weighted by Gasteiger charge is -2.16. The molecule has 94 valence electrons. The van der Waals surface area contributed by atoms with E-state index in [0.29, 0.717) is 6.54 Å². The van der Waals surface area contributed by atoms with Crippen molar-refractivity contribution in [2.45, 2.75) is 26.9 Å². The second kappa shape index (κ2) is 6.50. The fourth-order valence-corrected chi connectivity index (χ4v) is 1.67. The number of aryl methyl sites for hydroxylation is 2. The summed E-state index contributed by atoms with van der Waals surface area (Å²) in [6, 6.07) is 6.05. The highest BCUT2D eigenvalue weighted by atomic mass is 35.5. The third-order valence-electron chi connectivity index (χ3n) is 2.24. The zero-order valence-corrected chi connectivity index (χ0v) is 11.2. The summed E-state index contributed by atoms with van der Waals surface area (Å²) in [6.45, 7) is 6.42. The van der Waals surface area contributed by atoms with Gasteiger partial charge >= 0.3 is 0 Å². The molecule has 0 aliphatic rings. The second-order valence-corrected chi connectivity index (χ2v) is 4.46. The summed E-state index contributed by atoms with van der Waals surface area (Å²) >= 11 is 5.38. The van der Waals surface area contributed by atoms with Crippen molar-refractivity contribution in [1.82, 2.24) is 5.32 Å². The number of amides is 1. The molecule has 1 unspecified atom stereocenters. The molecule has 17 heavy (non-hydrogen) atoms. The minimum atomic E-state index is -0.178. The number of hydrogen-bond acceptors (Lipinski definition) is 2. The van der Waals surface area contributed by atoms with Gasteiger partial charge in [-0.15, -0.1) is 11.6 Å². The Hall–Kier alpha value is -1.22.